The predicted octanol–water partition coefficient (Wildman–Crippen LogP) is 2.81. The van der Waals surface area contributed by atoms with Crippen molar-refractivity contribution >= 4 is 33.3 Å². The van der Waals surface area contributed by atoms with Crippen LogP contribution in [0.5, 0.6) is 0 Å². The van der Waals surface area contributed by atoms with E-state index in [0.29, 0.717) is 6.42 Å². The van der Waals surface area contributed by atoms with Gasteiger partial charge in [0.15, 0.2) is 0 Å². The summed E-state index contributed by atoms with van der Waals surface area (Å²) in [5.41, 5.74) is 1.33. The average molecular weight is 304 g/mol. The number of carbonyl (C=O) groups excluding carboxylic acids is 1. The third kappa shape index (κ3) is 2.60. The van der Waals surface area contributed by atoms with Gasteiger partial charge in [-0.1, -0.05) is 6.92 Å². The first-order valence-corrected chi connectivity index (χ1v) is 8.33. The van der Waals surface area contributed by atoms with E-state index in [1.165, 1.54) is 10.4 Å². The van der Waals surface area contributed by atoms with Crippen molar-refractivity contribution in [2.75, 3.05) is 18.4 Å². The van der Waals surface area contributed by atoms with Crippen molar-refractivity contribution in [3.63, 3.8) is 0 Å². The van der Waals surface area contributed by atoms with Crippen molar-refractivity contribution < 1.29 is 4.79 Å². The van der Waals surface area contributed by atoms with E-state index in [1.54, 1.807) is 17.7 Å². The molecule has 5 nitrogen and oxygen atoms in total. The van der Waals surface area contributed by atoms with Gasteiger partial charge >= 0.3 is 0 Å². The van der Waals surface area contributed by atoms with E-state index in [1.807, 2.05) is 11.8 Å². The molecule has 0 unspecified atom stereocenters. The van der Waals surface area contributed by atoms with E-state index < -0.39 is 0 Å². The molecule has 0 saturated heterocycles. The number of carbonyl (C=O) groups is 1. The summed E-state index contributed by atoms with van der Waals surface area (Å²) in [6.45, 7) is 6.49. The van der Waals surface area contributed by atoms with Crippen LogP contribution < -0.4 is 5.32 Å². The van der Waals surface area contributed by atoms with E-state index in [2.05, 4.69) is 22.2 Å². The van der Waals surface area contributed by atoms with Crippen LogP contribution in [0.1, 0.15) is 37.1 Å². The molecule has 0 radical (unpaired) electrons. The maximum absolute atomic E-state index is 12.1. The van der Waals surface area contributed by atoms with Gasteiger partial charge in [0, 0.05) is 24.4 Å². The molecule has 0 fully saturated rings. The molecule has 0 atom stereocenters. The van der Waals surface area contributed by atoms with Gasteiger partial charge in [0.05, 0.1) is 11.9 Å². The Balaban J connectivity index is 1.95. The lowest BCUT2D eigenvalue weighted by Gasteiger charge is -2.27. The van der Waals surface area contributed by atoms with Crippen LogP contribution in [0.4, 0.5) is 5.82 Å². The molecule has 3 rings (SSSR count). The second kappa shape index (κ2) is 5.97. The van der Waals surface area contributed by atoms with Crippen molar-refractivity contribution in [1.82, 2.24) is 14.9 Å². The summed E-state index contributed by atoms with van der Waals surface area (Å²) in [5, 5.41) is 4.47. The first-order chi connectivity index (χ1) is 10.2. The number of amides is 1. The molecule has 0 saturated carbocycles. The molecule has 3 heterocycles. The number of hydrogen-bond donors (Lipinski definition) is 1. The Hall–Kier alpha value is -1.69. The van der Waals surface area contributed by atoms with Gasteiger partial charge in [0.1, 0.15) is 17.0 Å². The summed E-state index contributed by atoms with van der Waals surface area (Å²) >= 11 is 1.69. The quantitative estimate of drug-likeness (QED) is 0.943. The molecule has 2 aromatic heterocycles. The van der Waals surface area contributed by atoms with Crippen LogP contribution in [-0.2, 0) is 17.8 Å². The Morgan fingerprint density at radius 3 is 3.05 bits per heavy atom. The van der Waals surface area contributed by atoms with E-state index in [4.69, 9.17) is 0 Å². The molecule has 1 amide bonds. The highest BCUT2D eigenvalue weighted by molar-refractivity contribution is 7.19. The number of anilines is 1. The van der Waals surface area contributed by atoms with Crippen molar-refractivity contribution in [1.29, 1.82) is 0 Å². The SMILES string of the molecule is CCCC(=O)N1CCc2c(sc3ncnc(NCC)c23)C1. The molecule has 112 valence electrons. The molecular formula is C15H20N4OS. The van der Waals surface area contributed by atoms with Crippen molar-refractivity contribution in [2.45, 2.75) is 39.7 Å². The van der Waals surface area contributed by atoms with Crippen molar-refractivity contribution in [3.8, 4) is 0 Å². The first-order valence-electron chi connectivity index (χ1n) is 7.51. The summed E-state index contributed by atoms with van der Waals surface area (Å²) in [4.78, 5) is 25.1. The highest BCUT2D eigenvalue weighted by Gasteiger charge is 2.25. The zero-order valence-electron chi connectivity index (χ0n) is 12.5. The molecular weight excluding hydrogens is 284 g/mol. The summed E-state index contributed by atoms with van der Waals surface area (Å²) in [5.74, 6) is 1.19. The molecule has 1 aliphatic heterocycles. The van der Waals surface area contributed by atoms with Gasteiger partial charge in [-0.2, -0.15) is 0 Å². The number of rotatable bonds is 4. The molecule has 1 N–H and O–H groups in total. The summed E-state index contributed by atoms with van der Waals surface area (Å²) in [6, 6.07) is 0. The van der Waals surface area contributed by atoms with E-state index in [0.717, 1.165) is 48.5 Å². The zero-order valence-corrected chi connectivity index (χ0v) is 13.3. The topological polar surface area (TPSA) is 58.1 Å². The van der Waals surface area contributed by atoms with Crippen LogP contribution in [0.15, 0.2) is 6.33 Å². The van der Waals surface area contributed by atoms with Crippen LogP contribution >= 0.6 is 11.3 Å². The van der Waals surface area contributed by atoms with Crippen LogP contribution in [-0.4, -0.2) is 33.9 Å². The maximum Gasteiger partial charge on any atom is 0.222 e. The zero-order chi connectivity index (χ0) is 14.8. The monoisotopic (exact) mass is 304 g/mol. The number of nitrogens with one attached hydrogen (secondary N) is 1. The van der Waals surface area contributed by atoms with Crippen LogP contribution in [0.25, 0.3) is 10.2 Å². The molecule has 0 spiro atoms. The maximum atomic E-state index is 12.1. The second-order valence-corrected chi connectivity index (χ2v) is 6.34. The molecule has 0 aliphatic carbocycles. The number of thiophene rings is 1. The largest absolute Gasteiger partial charge is 0.370 e. The molecule has 21 heavy (non-hydrogen) atoms. The van der Waals surface area contributed by atoms with Gasteiger partial charge in [-0.05, 0) is 25.3 Å². The van der Waals surface area contributed by atoms with Gasteiger partial charge in [-0.25, -0.2) is 9.97 Å². The van der Waals surface area contributed by atoms with Crippen LogP contribution in [0, 0.1) is 0 Å². The van der Waals surface area contributed by atoms with E-state index >= 15 is 0 Å². The molecule has 0 bridgehead atoms. The summed E-state index contributed by atoms with van der Waals surface area (Å²) < 4.78 is 0. The number of hydrogen-bond acceptors (Lipinski definition) is 5. The Morgan fingerprint density at radius 1 is 1.43 bits per heavy atom. The normalized spacial score (nSPS) is 14.3. The Morgan fingerprint density at radius 2 is 2.29 bits per heavy atom. The third-order valence-corrected chi connectivity index (χ3v) is 4.92. The fourth-order valence-corrected chi connectivity index (χ4v) is 4.02. The molecule has 2 aromatic rings. The fraction of sp³-hybridized carbons (Fsp3) is 0.533. The number of fused-ring (bicyclic) bond motifs is 3. The van der Waals surface area contributed by atoms with Gasteiger partial charge in [0.25, 0.3) is 0 Å². The summed E-state index contributed by atoms with van der Waals surface area (Å²) in [6.07, 6.45) is 4.06. The molecule has 1 aliphatic rings. The lowest BCUT2D eigenvalue weighted by molar-refractivity contribution is -0.132. The fourth-order valence-electron chi connectivity index (χ4n) is 2.81. The third-order valence-electron chi connectivity index (χ3n) is 3.80. The highest BCUT2D eigenvalue weighted by Crippen LogP contribution is 2.37. The molecule has 0 aromatic carbocycles. The second-order valence-electron chi connectivity index (χ2n) is 5.25. The minimum atomic E-state index is 0.263. The Labute approximate surface area is 128 Å². The number of aromatic nitrogens is 2. The van der Waals surface area contributed by atoms with Crippen molar-refractivity contribution in [2.24, 2.45) is 0 Å². The first kappa shape index (κ1) is 14.3. The van der Waals surface area contributed by atoms with E-state index in [-0.39, 0.29) is 5.91 Å². The predicted molar refractivity (Wildman–Crippen MR) is 85.6 cm³/mol. The Kier molecular flexibility index (Phi) is 4.05. The van der Waals surface area contributed by atoms with Crippen LogP contribution in [0.3, 0.4) is 0 Å². The smallest absolute Gasteiger partial charge is 0.222 e. The summed E-state index contributed by atoms with van der Waals surface area (Å²) in [7, 11) is 0. The lowest BCUT2D eigenvalue weighted by Crippen LogP contribution is -2.35. The molecule has 6 heteroatoms. The van der Waals surface area contributed by atoms with Crippen LogP contribution in [0.2, 0.25) is 0 Å². The van der Waals surface area contributed by atoms with Gasteiger partial charge in [-0.3, -0.25) is 4.79 Å². The van der Waals surface area contributed by atoms with E-state index in [9.17, 15) is 4.79 Å². The highest BCUT2D eigenvalue weighted by atomic mass is 32.1. The minimum absolute atomic E-state index is 0.263. The lowest BCUT2D eigenvalue weighted by atomic mass is 10.0. The van der Waals surface area contributed by atoms with Gasteiger partial charge < -0.3 is 10.2 Å². The van der Waals surface area contributed by atoms with Crippen molar-refractivity contribution in [3.05, 3.63) is 16.8 Å². The van der Waals surface area contributed by atoms with Gasteiger partial charge in [0.2, 0.25) is 5.91 Å². The average Bonchev–Trinajstić information content (AvgIpc) is 2.86. The minimum Gasteiger partial charge on any atom is -0.370 e. The standard InChI is InChI=1S/C15H20N4OS/c1-3-5-12(20)19-7-6-10-11(8-19)21-15-13(10)14(16-4-2)17-9-18-15/h9H,3-8H2,1-2H3,(H,16,17,18). The van der Waals surface area contributed by atoms with Gasteiger partial charge in [-0.15, -0.1) is 11.3 Å². The Bertz CT molecular complexity index is 667. The number of nitrogens with zero attached hydrogens (tertiary/aromatic N) is 3.